The van der Waals surface area contributed by atoms with Crippen LogP contribution in [0.4, 0.5) is 4.39 Å². The van der Waals surface area contributed by atoms with Crippen molar-refractivity contribution in [3.8, 4) is 0 Å². The number of halogens is 2. The molecule has 1 amide bonds. The van der Waals surface area contributed by atoms with Crippen molar-refractivity contribution in [3.63, 3.8) is 0 Å². The van der Waals surface area contributed by atoms with Crippen LogP contribution in [0.2, 0.25) is 5.02 Å². The third-order valence-electron chi connectivity index (χ3n) is 4.79. The zero-order valence-electron chi connectivity index (χ0n) is 15.6. The second kappa shape index (κ2) is 8.59. The summed E-state index contributed by atoms with van der Waals surface area (Å²) in [6.07, 6.45) is 1.89. The van der Waals surface area contributed by atoms with E-state index in [0.717, 1.165) is 24.8 Å². The summed E-state index contributed by atoms with van der Waals surface area (Å²) in [5.74, 6) is -0.524. The molecule has 0 aliphatic carbocycles. The van der Waals surface area contributed by atoms with E-state index in [4.69, 9.17) is 11.6 Å². The average Bonchev–Trinajstić information content (AvgIpc) is 2.88. The van der Waals surface area contributed by atoms with Crippen LogP contribution in [0, 0.1) is 5.82 Å². The third kappa shape index (κ3) is 5.10. The second-order valence-electron chi connectivity index (χ2n) is 6.96. The summed E-state index contributed by atoms with van der Waals surface area (Å²) in [5.41, 5.74) is 1.22. The monoisotopic (exact) mass is 424 g/mol. The molecule has 0 bridgehead atoms. The molecule has 0 spiro atoms. The number of hydrogen-bond acceptors (Lipinski definition) is 4. The Kier molecular flexibility index (Phi) is 6.37. The molecule has 1 saturated heterocycles. The first-order chi connectivity index (χ1) is 13.2. The number of rotatable bonds is 4. The molecule has 28 heavy (non-hydrogen) atoms. The highest BCUT2D eigenvalue weighted by Crippen LogP contribution is 2.23. The van der Waals surface area contributed by atoms with Crippen LogP contribution >= 0.6 is 11.6 Å². The zero-order chi connectivity index (χ0) is 20.3. The lowest BCUT2D eigenvalue weighted by Crippen LogP contribution is -2.35. The molecule has 0 unspecified atom stereocenters. The molecular formula is C20H22ClFN2O3S. The number of sulfone groups is 1. The highest BCUT2D eigenvalue weighted by molar-refractivity contribution is 7.90. The lowest BCUT2D eigenvalue weighted by atomic mass is 10.2. The summed E-state index contributed by atoms with van der Waals surface area (Å²) < 4.78 is 36.6. The highest BCUT2D eigenvalue weighted by Gasteiger charge is 2.23. The molecular weight excluding hydrogens is 403 g/mol. The van der Waals surface area contributed by atoms with Crippen molar-refractivity contribution in [2.45, 2.75) is 17.9 Å². The molecule has 8 heteroatoms. The summed E-state index contributed by atoms with van der Waals surface area (Å²) >= 11 is 6.17. The Labute approximate surface area is 169 Å². The number of amides is 1. The fourth-order valence-corrected chi connectivity index (χ4v) is 4.09. The molecule has 1 fully saturated rings. The van der Waals surface area contributed by atoms with E-state index in [-0.39, 0.29) is 27.2 Å². The molecule has 1 aliphatic heterocycles. The first-order valence-corrected chi connectivity index (χ1v) is 11.3. The standard InChI is InChI=1S/C20H22ClFN2O3S/c1-28(26,27)17-7-8-19(21)18(13-17)20(25)24-10-2-9-23(11-12-24)14-15-3-5-16(22)6-4-15/h3-8,13H,2,9-12,14H2,1H3. The number of carbonyl (C=O) groups is 1. The Hall–Kier alpha value is -1.96. The molecule has 5 nitrogen and oxygen atoms in total. The van der Waals surface area contributed by atoms with Gasteiger partial charge in [-0.1, -0.05) is 23.7 Å². The summed E-state index contributed by atoms with van der Waals surface area (Å²) in [6, 6.07) is 10.6. The van der Waals surface area contributed by atoms with Crippen LogP contribution in [0.5, 0.6) is 0 Å². The fraction of sp³-hybridized carbons (Fsp3) is 0.350. The quantitative estimate of drug-likeness (QED) is 0.756. The van der Waals surface area contributed by atoms with E-state index in [1.807, 2.05) is 0 Å². The van der Waals surface area contributed by atoms with Gasteiger partial charge in [-0.2, -0.15) is 0 Å². The Morgan fingerprint density at radius 2 is 1.79 bits per heavy atom. The summed E-state index contributed by atoms with van der Waals surface area (Å²) in [5, 5.41) is 0.241. The molecule has 150 valence electrons. The molecule has 1 aliphatic rings. The average molecular weight is 425 g/mol. The molecule has 1 heterocycles. The van der Waals surface area contributed by atoms with Gasteiger partial charge in [0, 0.05) is 39.0 Å². The Bertz CT molecular complexity index is 964. The normalized spacial score (nSPS) is 16.0. The van der Waals surface area contributed by atoms with E-state index >= 15 is 0 Å². The van der Waals surface area contributed by atoms with Gasteiger partial charge in [0.2, 0.25) is 0 Å². The van der Waals surface area contributed by atoms with E-state index < -0.39 is 9.84 Å². The number of carbonyl (C=O) groups excluding carboxylic acids is 1. The van der Waals surface area contributed by atoms with Gasteiger partial charge in [-0.15, -0.1) is 0 Å². The lowest BCUT2D eigenvalue weighted by molar-refractivity contribution is 0.0761. The maximum absolute atomic E-state index is 13.1. The van der Waals surface area contributed by atoms with Gasteiger partial charge in [-0.3, -0.25) is 9.69 Å². The van der Waals surface area contributed by atoms with Gasteiger partial charge >= 0.3 is 0 Å². The third-order valence-corrected chi connectivity index (χ3v) is 6.23. The smallest absolute Gasteiger partial charge is 0.255 e. The van der Waals surface area contributed by atoms with Crippen LogP contribution in [0.25, 0.3) is 0 Å². The Balaban J connectivity index is 1.70. The minimum atomic E-state index is -3.42. The SMILES string of the molecule is CS(=O)(=O)c1ccc(Cl)c(C(=O)N2CCCN(Cc3ccc(F)cc3)CC2)c1. The van der Waals surface area contributed by atoms with Crippen molar-refractivity contribution in [2.24, 2.45) is 0 Å². The number of nitrogens with zero attached hydrogens (tertiary/aromatic N) is 2. The number of hydrogen-bond donors (Lipinski definition) is 0. The molecule has 0 aromatic heterocycles. The van der Waals surface area contributed by atoms with E-state index in [9.17, 15) is 17.6 Å². The van der Waals surface area contributed by atoms with Crippen LogP contribution in [0.15, 0.2) is 47.4 Å². The Morgan fingerprint density at radius 3 is 2.46 bits per heavy atom. The molecule has 2 aromatic carbocycles. The van der Waals surface area contributed by atoms with E-state index in [2.05, 4.69) is 4.90 Å². The van der Waals surface area contributed by atoms with Gasteiger partial charge in [0.05, 0.1) is 15.5 Å². The Morgan fingerprint density at radius 1 is 1.07 bits per heavy atom. The van der Waals surface area contributed by atoms with Gasteiger partial charge in [0.1, 0.15) is 5.82 Å². The van der Waals surface area contributed by atoms with Crippen molar-refractivity contribution in [3.05, 3.63) is 64.4 Å². The fourth-order valence-electron chi connectivity index (χ4n) is 3.25. The minimum Gasteiger partial charge on any atom is -0.337 e. The summed E-state index contributed by atoms with van der Waals surface area (Å²) in [6.45, 7) is 3.26. The van der Waals surface area contributed by atoms with Crippen LogP contribution in [-0.4, -0.2) is 56.6 Å². The van der Waals surface area contributed by atoms with Gasteiger partial charge < -0.3 is 4.90 Å². The summed E-state index contributed by atoms with van der Waals surface area (Å²) in [7, 11) is -3.42. The van der Waals surface area contributed by atoms with E-state index in [1.54, 1.807) is 17.0 Å². The second-order valence-corrected chi connectivity index (χ2v) is 9.39. The molecule has 0 atom stereocenters. The van der Waals surface area contributed by atoms with Crippen molar-refractivity contribution in [2.75, 3.05) is 32.4 Å². The van der Waals surface area contributed by atoms with Crippen LogP contribution in [0.3, 0.4) is 0 Å². The van der Waals surface area contributed by atoms with Gasteiger partial charge in [0.25, 0.3) is 5.91 Å². The van der Waals surface area contributed by atoms with Gasteiger partial charge in [0.15, 0.2) is 9.84 Å². The largest absolute Gasteiger partial charge is 0.337 e. The lowest BCUT2D eigenvalue weighted by Gasteiger charge is -2.22. The molecule has 0 N–H and O–H groups in total. The predicted octanol–water partition coefficient (Wildman–Crippen LogP) is 3.23. The molecule has 0 saturated carbocycles. The first kappa shape index (κ1) is 20.8. The van der Waals surface area contributed by atoms with Crippen molar-refractivity contribution in [1.29, 1.82) is 0 Å². The maximum atomic E-state index is 13.1. The van der Waals surface area contributed by atoms with Crippen LogP contribution in [-0.2, 0) is 16.4 Å². The van der Waals surface area contributed by atoms with E-state index in [0.29, 0.717) is 26.2 Å². The summed E-state index contributed by atoms with van der Waals surface area (Å²) in [4.78, 5) is 16.9. The van der Waals surface area contributed by atoms with Crippen LogP contribution < -0.4 is 0 Å². The topological polar surface area (TPSA) is 57.7 Å². The molecule has 2 aromatic rings. The van der Waals surface area contributed by atoms with Gasteiger partial charge in [-0.05, 0) is 42.3 Å². The molecule has 3 rings (SSSR count). The zero-order valence-corrected chi connectivity index (χ0v) is 17.1. The van der Waals surface area contributed by atoms with E-state index in [1.165, 1.54) is 30.3 Å². The molecule has 0 radical (unpaired) electrons. The van der Waals surface area contributed by atoms with Crippen molar-refractivity contribution >= 4 is 27.3 Å². The number of benzene rings is 2. The maximum Gasteiger partial charge on any atom is 0.255 e. The van der Waals surface area contributed by atoms with Crippen molar-refractivity contribution in [1.82, 2.24) is 9.80 Å². The van der Waals surface area contributed by atoms with Crippen LogP contribution in [0.1, 0.15) is 22.3 Å². The van der Waals surface area contributed by atoms with Gasteiger partial charge in [-0.25, -0.2) is 12.8 Å². The van der Waals surface area contributed by atoms with Crippen molar-refractivity contribution < 1.29 is 17.6 Å². The minimum absolute atomic E-state index is 0.0769. The highest BCUT2D eigenvalue weighted by atomic mass is 35.5. The first-order valence-electron chi connectivity index (χ1n) is 9.00. The predicted molar refractivity (Wildman–Crippen MR) is 107 cm³/mol.